The monoisotopic (exact) mass is 1400 g/mol. The van der Waals surface area contributed by atoms with Gasteiger partial charge in [0.15, 0.2) is 11.2 Å². The minimum atomic E-state index is -2.68. The molecular weight excluding hydrogens is 1320 g/mol. The second kappa shape index (κ2) is 41.3. The topological polar surface area (TPSA) is 444 Å². The van der Waals surface area contributed by atoms with Crippen LogP contribution in [-0.4, -0.2) is 158 Å². The van der Waals surface area contributed by atoms with Crippen molar-refractivity contribution in [3.05, 3.63) is 36.5 Å². The van der Waals surface area contributed by atoms with E-state index in [0.717, 1.165) is 38.5 Å². The summed E-state index contributed by atoms with van der Waals surface area (Å²) in [6.45, 7) is 4.32. The van der Waals surface area contributed by atoms with Crippen molar-refractivity contribution in [1.29, 1.82) is 0 Å². The maximum Gasteiger partial charge on any atom is 0.345 e. The Balaban J connectivity index is 0.00000155. The number of aliphatic carboxylic acids is 10. The maximum atomic E-state index is 13.2. The molecule has 2 saturated heterocycles. The number of halogens is 2. The van der Waals surface area contributed by atoms with Crippen molar-refractivity contribution in [3.63, 3.8) is 0 Å². The number of carbonyl (C=O) groups excluding carboxylic acids is 2. The molecule has 2 aliphatic rings. The molecule has 0 aromatic heterocycles. The van der Waals surface area contributed by atoms with Gasteiger partial charge in [-0.1, -0.05) is 127 Å². The number of rotatable bonds is 41. The van der Waals surface area contributed by atoms with Crippen LogP contribution in [0.4, 0.5) is 0 Å². The van der Waals surface area contributed by atoms with Crippen LogP contribution in [0.2, 0.25) is 0 Å². The predicted octanol–water partition coefficient (Wildman–Crippen LogP) is 8.22. The van der Waals surface area contributed by atoms with Gasteiger partial charge in [-0.2, -0.15) is 0 Å². The van der Waals surface area contributed by atoms with Crippen molar-refractivity contribution in [2.45, 2.75) is 204 Å². The van der Waals surface area contributed by atoms with Gasteiger partial charge in [0.25, 0.3) is 0 Å². The van der Waals surface area contributed by atoms with E-state index in [4.69, 9.17) is 29.2 Å². The van der Waals surface area contributed by atoms with Crippen molar-refractivity contribution in [3.8, 4) is 0 Å². The van der Waals surface area contributed by atoms with Crippen LogP contribution >= 0.6 is 37.2 Å². The Morgan fingerprint density at radius 2 is 0.744 bits per heavy atom. The first-order valence-electron chi connectivity index (χ1n) is 26.8. The van der Waals surface area contributed by atoms with E-state index in [1.54, 1.807) is 12.2 Å². The summed E-state index contributed by atoms with van der Waals surface area (Å²) in [5.74, 6) is -29.1. The van der Waals surface area contributed by atoms with E-state index < -0.39 is 157 Å². The van der Waals surface area contributed by atoms with Gasteiger partial charge in [0.1, 0.15) is 11.8 Å². The van der Waals surface area contributed by atoms with Crippen molar-refractivity contribution >= 4 is 109 Å². The summed E-state index contributed by atoms with van der Waals surface area (Å²) in [4.78, 5) is 142. The lowest BCUT2D eigenvalue weighted by Crippen LogP contribution is -2.53. The lowest BCUT2D eigenvalue weighted by Gasteiger charge is -2.31. The number of esters is 2. The number of hydrogen-bond donors (Lipinski definition) is 10. The minimum Gasteiger partial charge on any atom is -0.481 e. The average molecular weight is 1400 g/mol. The Bertz CT molecular complexity index is 2210. The third-order valence-electron chi connectivity index (χ3n) is 13.3. The van der Waals surface area contributed by atoms with Crippen LogP contribution in [0, 0.1) is 23.7 Å². The molecule has 10 N–H and O–H groups in total. The van der Waals surface area contributed by atoms with Crippen LogP contribution in [-0.2, 0) is 76.5 Å². The fourth-order valence-corrected chi connectivity index (χ4v) is 9.21. The van der Waals surface area contributed by atoms with E-state index in [2.05, 4.69) is 57.2 Å². The van der Waals surface area contributed by atoms with Crippen LogP contribution in [0.15, 0.2) is 36.5 Å². The number of hydrogen-bond acceptors (Lipinski definition) is 16. The summed E-state index contributed by atoms with van der Waals surface area (Å²) in [7, 11) is 0. The molecule has 82 heavy (non-hydrogen) atoms. The van der Waals surface area contributed by atoms with Gasteiger partial charge in [-0.25, -0.2) is 19.2 Å². The van der Waals surface area contributed by atoms with Gasteiger partial charge in [-0.05, 0) is 51.4 Å². The van der Waals surface area contributed by atoms with E-state index >= 15 is 0 Å². The van der Waals surface area contributed by atoms with Crippen molar-refractivity contribution in [1.82, 2.24) is 0 Å². The Kier molecular flexibility index (Phi) is 38.4. The van der Waals surface area contributed by atoms with Gasteiger partial charge >= 0.3 is 71.6 Å². The molecule has 0 saturated carbocycles. The first-order valence-corrected chi connectivity index (χ1v) is 33.1. The number of carboxylic acids is 10. The molecule has 10 atom stereocenters. The molecule has 0 aromatic carbocycles. The molecule has 0 spiro atoms. The Morgan fingerprint density at radius 3 is 1.05 bits per heavy atom. The zero-order valence-electron chi connectivity index (χ0n) is 45.8. The van der Waals surface area contributed by atoms with E-state index in [0.29, 0.717) is 19.3 Å². The number of unbranched alkanes of at least 4 members (excludes halogenated alkanes) is 15. The Hall–Kier alpha value is -5.76. The highest BCUT2D eigenvalue weighted by molar-refractivity contribution is 15.0. The zero-order valence-corrected chi connectivity index (χ0v) is 50.1. The van der Waals surface area contributed by atoms with E-state index in [1.807, 2.05) is 6.08 Å². The standard InChI is InChI=1S/C28H40O13.C26H38O13.I2/c1-2-3-4-5-6-7-8-9-10-11-12-13-14-18-15-20(25(35)36)28(41-18,17-22(31)32)27(39)40-23(26(37)38)19(24(33)34)16-21(29)30;1-2-3-4-5-6-7-8-9-10-11-12-16-13-18(23(33)34)26(39-16,15-20(29)30)25(37)38-21(24(35)36)17(22(31)32)14-19(27)28;1-2/h9-10,13-14,18-20,23H,2-8,11-12,15-17H2,1H3,(H,29,30)(H,31,32)(H,33,34)(H,35,36)(H,37,38);11-12,16-18,21H,2-10,13-15H2,1H3,(H,27,28)(H,29,30)(H,31,32)(H,33,34)(H,35,36);/b10-9+,14-13+;12-11+;. The highest BCUT2D eigenvalue weighted by Crippen LogP contribution is 2.43. The molecule has 2 rings (SSSR count). The zero-order chi connectivity index (χ0) is 62.6. The molecule has 0 aliphatic carbocycles. The summed E-state index contributed by atoms with van der Waals surface area (Å²) in [5, 5.41) is 93.7. The SMILES string of the molecule is CCCCCCCC/C=C/CC/C=C/C1CC(C(=O)O)C(CC(=O)O)(C(=O)OC(C(=O)O)C(CC(=O)O)C(=O)O)O1.CCCCCCCCCC/C=C/C1CC(C(=O)O)C(CC(=O)O)(C(=O)OC(C(=O)O)C(CC(=O)O)C(=O)O)O1.II. The molecule has 0 bridgehead atoms. The van der Waals surface area contributed by atoms with Crippen LogP contribution < -0.4 is 0 Å². The van der Waals surface area contributed by atoms with Gasteiger partial charge in [0, 0.05) is 37.2 Å². The molecule has 2 heterocycles. The average Bonchev–Trinajstić information content (AvgIpc) is 4.16. The maximum absolute atomic E-state index is 13.2. The number of allylic oxidation sites excluding steroid dienone is 4. The van der Waals surface area contributed by atoms with Gasteiger partial charge in [-0.3, -0.25) is 38.4 Å². The van der Waals surface area contributed by atoms with Crippen molar-refractivity contribution < 1.29 is 128 Å². The van der Waals surface area contributed by atoms with Gasteiger partial charge in [0.05, 0.1) is 49.7 Å². The first kappa shape index (κ1) is 76.2. The summed E-state index contributed by atoms with van der Waals surface area (Å²) >= 11 is 4.24. The fraction of sp³-hybridized carbons (Fsp3) is 0.667. The smallest absolute Gasteiger partial charge is 0.345 e. The van der Waals surface area contributed by atoms with E-state index in [9.17, 15) is 98.4 Å². The fourth-order valence-electron chi connectivity index (χ4n) is 9.21. The van der Waals surface area contributed by atoms with Crippen LogP contribution in [0.25, 0.3) is 0 Å². The second-order valence-electron chi connectivity index (χ2n) is 19.6. The molecule has 10 unspecified atom stereocenters. The summed E-state index contributed by atoms with van der Waals surface area (Å²) in [6, 6.07) is 0. The molecular formula is C54H78I2O26. The molecule has 0 aromatic rings. The number of carbonyl (C=O) groups is 12. The summed E-state index contributed by atoms with van der Waals surface area (Å²) < 4.78 is 20.8. The van der Waals surface area contributed by atoms with Crippen LogP contribution in [0.5, 0.6) is 0 Å². The largest absolute Gasteiger partial charge is 0.481 e. The normalized spacial score (nSPS) is 21.7. The Labute approximate surface area is 497 Å². The second-order valence-corrected chi connectivity index (χ2v) is 19.6. The van der Waals surface area contributed by atoms with Crippen LogP contribution in [0.1, 0.15) is 168 Å². The lowest BCUT2D eigenvalue weighted by molar-refractivity contribution is -0.195. The van der Waals surface area contributed by atoms with Gasteiger partial charge < -0.3 is 70.0 Å². The van der Waals surface area contributed by atoms with Crippen molar-refractivity contribution in [2.75, 3.05) is 0 Å². The third-order valence-corrected chi connectivity index (χ3v) is 13.3. The molecule has 28 heteroatoms. The lowest BCUT2D eigenvalue weighted by atomic mass is 9.83. The van der Waals surface area contributed by atoms with Crippen molar-refractivity contribution in [2.24, 2.45) is 23.7 Å². The molecule has 2 fully saturated rings. The van der Waals surface area contributed by atoms with Crippen LogP contribution in [0.3, 0.4) is 0 Å². The highest BCUT2D eigenvalue weighted by Gasteiger charge is 2.62. The predicted molar refractivity (Wildman–Crippen MR) is 303 cm³/mol. The molecule has 0 amide bonds. The third kappa shape index (κ3) is 27.5. The number of carboxylic acid groups (broad SMARTS) is 10. The quantitative estimate of drug-likeness (QED) is 0.0119. The highest BCUT2D eigenvalue weighted by atomic mass is 128. The van der Waals surface area contributed by atoms with Gasteiger partial charge in [-0.15, -0.1) is 0 Å². The van der Waals surface area contributed by atoms with Gasteiger partial charge in [0.2, 0.25) is 12.2 Å². The number of ether oxygens (including phenoxy) is 4. The molecule has 464 valence electrons. The van der Waals surface area contributed by atoms with E-state index in [-0.39, 0.29) is 12.8 Å². The summed E-state index contributed by atoms with van der Waals surface area (Å²) in [5.41, 5.74) is -5.34. The van der Waals surface area contributed by atoms with E-state index in [1.165, 1.54) is 69.9 Å². The molecule has 26 nitrogen and oxygen atoms in total. The summed E-state index contributed by atoms with van der Waals surface area (Å²) in [6.07, 6.45) is 16.8. The Morgan fingerprint density at radius 1 is 0.439 bits per heavy atom. The molecule has 2 aliphatic heterocycles. The molecule has 0 radical (unpaired) electrons. The minimum absolute atomic E-state index is 0.319. The first-order chi connectivity index (χ1) is 38.7.